The van der Waals surface area contributed by atoms with Gasteiger partial charge in [-0.1, -0.05) is 30.3 Å². The molecule has 12 heteroatoms. The Morgan fingerprint density at radius 3 is 2.50 bits per heavy atom. The van der Waals surface area contributed by atoms with Gasteiger partial charge in [-0.05, 0) is 60.7 Å². The zero-order chi connectivity index (χ0) is 21.9. The summed E-state index contributed by atoms with van der Waals surface area (Å²) in [5, 5.41) is 23.5. The van der Waals surface area contributed by atoms with E-state index in [2.05, 4.69) is 20.2 Å². The highest BCUT2D eigenvalue weighted by atomic mass is 32.2. The molecular weight excluding hydrogens is 428 g/mol. The predicted molar refractivity (Wildman–Crippen MR) is 111 cm³/mol. The highest BCUT2D eigenvalue weighted by Gasteiger charge is 2.26. The van der Waals surface area contributed by atoms with E-state index in [4.69, 9.17) is 0 Å². The summed E-state index contributed by atoms with van der Waals surface area (Å²) in [6, 6.07) is 13.3. The third kappa shape index (κ3) is 5.40. The van der Waals surface area contributed by atoms with Gasteiger partial charge in [-0.3, -0.25) is 10.1 Å². The second-order valence-electron chi connectivity index (χ2n) is 7.45. The van der Waals surface area contributed by atoms with Gasteiger partial charge >= 0.3 is 0 Å². The first-order valence-electron chi connectivity index (χ1n) is 8.85. The van der Waals surface area contributed by atoms with Crippen LogP contribution in [0.4, 0.5) is 5.69 Å². The lowest BCUT2D eigenvalue weighted by atomic mass is 10.1. The number of nitro groups is 1. The molecule has 2 aromatic carbocycles. The topological polar surface area (TPSA) is 133 Å². The summed E-state index contributed by atoms with van der Waals surface area (Å²) in [5.41, 5.74) is -0.0949. The van der Waals surface area contributed by atoms with Crippen LogP contribution < -0.4 is 4.72 Å². The van der Waals surface area contributed by atoms with Gasteiger partial charge in [0.1, 0.15) is 0 Å². The minimum absolute atomic E-state index is 0.183. The van der Waals surface area contributed by atoms with Gasteiger partial charge in [0.2, 0.25) is 15.2 Å². The average Bonchev–Trinajstić information content (AvgIpc) is 3.07. The maximum Gasteiger partial charge on any atom is 0.284 e. The van der Waals surface area contributed by atoms with Crippen molar-refractivity contribution >= 4 is 27.5 Å². The number of sulfonamides is 1. The summed E-state index contributed by atoms with van der Waals surface area (Å²) in [6.07, 6.45) is 0. The number of rotatable bonds is 7. The van der Waals surface area contributed by atoms with E-state index in [1.54, 1.807) is 20.8 Å². The summed E-state index contributed by atoms with van der Waals surface area (Å²) >= 11 is 0.998. The second kappa shape index (κ2) is 8.50. The zero-order valence-electron chi connectivity index (χ0n) is 16.5. The van der Waals surface area contributed by atoms with Crippen LogP contribution in [0.3, 0.4) is 0 Å². The Morgan fingerprint density at radius 1 is 1.17 bits per heavy atom. The van der Waals surface area contributed by atoms with Crippen molar-refractivity contribution in [3.8, 4) is 0 Å². The monoisotopic (exact) mass is 448 g/mol. The van der Waals surface area contributed by atoms with Crippen LogP contribution in [0.5, 0.6) is 0 Å². The third-order valence-electron chi connectivity index (χ3n) is 3.75. The molecule has 0 saturated heterocycles. The van der Waals surface area contributed by atoms with Gasteiger partial charge in [-0.15, -0.1) is 5.10 Å². The summed E-state index contributed by atoms with van der Waals surface area (Å²) < 4.78 is 29.1. The van der Waals surface area contributed by atoms with Crippen LogP contribution in [0.15, 0.2) is 63.5 Å². The van der Waals surface area contributed by atoms with Crippen LogP contribution in [-0.2, 0) is 16.6 Å². The van der Waals surface area contributed by atoms with Crippen molar-refractivity contribution < 1.29 is 13.3 Å². The normalized spacial score (nSPS) is 12.1. The van der Waals surface area contributed by atoms with Crippen molar-refractivity contribution in [1.29, 1.82) is 0 Å². The van der Waals surface area contributed by atoms with Gasteiger partial charge in [0.25, 0.3) is 5.69 Å². The van der Waals surface area contributed by atoms with Gasteiger partial charge in [-0.25, -0.2) is 17.8 Å². The van der Waals surface area contributed by atoms with Crippen LogP contribution in [0.25, 0.3) is 0 Å². The maximum atomic E-state index is 12.5. The largest absolute Gasteiger partial charge is 0.284 e. The molecule has 0 radical (unpaired) electrons. The molecule has 3 aromatic rings. The van der Waals surface area contributed by atoms with Crippen molar-refractivity contribution in [2.75, 3.05) is 0 Å². The molecule has 0 aliphatic carbocycles. The van der Waals surface area contributed by atoms with Crippen molar-refractivity contribution in [2.24, 2.45) is 0 Å². The lowest BCUT2D eigenvalue weighted by Crippen LogP contribution is -2.40. The molecule has 0 bridgehead atoms. The van der Waals surface area contributed by atoms with Crippen molar-refractivity contribution in [2.45, 2.75) is 47.8 Å². The molecule has 3 rings (SSSR count). The molecule has 0 amide bonds. The Bertz CT molecular complexity index is 1160. The van der Waals surface area contributed by atoms with Crippen LogP contribution in [0.2, 0.25) is 0 Å². The summed E-state index contributed by atoms with van der Waals surface area (Å²) in [7, 11) is -3.91. The van der Waals surface area contributed by atoms with Crippen LogP contribution in [-0.4, -0.2) is 39.1 Å². The predicted octanol–water partition coefficient (Wildman–Crippen LogP) is 2.86. The smallest absolute Gasteiger partial charge is 0.258 e. The molecule has 1 aromatic heterocycles. The van der Waals surface area contributed by atoms with E-state index in [0.29, 0.717) is 11.7 Å². The fourth-order valence-corrected chi connectivity index (χ4v) is 4.87. The van der Waals surface area contributed by atoms with Crippen LogP contribution in [0.1, 0.15) is 26.3 Å². The summed E-state index contributed by atoms with van der Waals surface area (Å²) in [4.78, 5) is 11.0. The van der Waals surface area contributed by atoms with E-state index < -0.39 is 20.5 Å². The SMILES string of the molecule is CC(C)(C)NS(=O)(=O)c1ccc(Sc2nnnn2Cc2ccccc2)c([N+](=O)[O-])c1. The molecule has 0 fully saturated rings. The molecule has 0 saturated carbocycles. The number of nitrogens with zero attached hydrogens (tertiary/aromatic N) is 5. The first-order valence-corrected chi connectivity index (χ1v) is 11.2. The van der Waals surface area contributed by atoms with E-state index in [1.165, 1.54) is 16.8 Å². The minimum atomic E-state index is -3.91. The zero-order valence-corrected chi connectivity index (χ0v) is 18.1. The average molecular weight is 449 g/mol. The molecule has 158 valence electrons. The van der Waals surface area contributed by atoms with Crippen molar-refractivity contribution in [3.63, 3.8) is 0 Å². The van der Waals surface area contributed by atoms with E-state index in [9.17, 15) is 18.5 Å². The van der Waals surface area contributed by atoms with Gasteiger partial charge in [-0.2, -0.15) is 0 Å². The van der Waals surface area contributed by atoms with E-state index in [1.807, 2.05) is 30.3 Å². The molecule has 30 heavy (non-hydrogen) atoms. The molecule has 1 heterocycles. The quantitative estimate of drug-likeness (QED) is 0.431. The Morgan fingerprint density at radius 2 is 1.87 bits per heavy atom. The van der Waals surface area contributed by atoms with Gasteiger partial charge in [0.15, 0.2) is 0 Å². The molecule has 10 nitrogen and oxygen atoms in total. The van der Waals surface area contributed by atoms with Gasteiger partial charge in [0, 0.05) is 11.6 Å². The molecule has 1 N–H and O–H groups in total. The molecule has 0 atom stereocenters. The Labute approximate surface area is 177 Å². The lowest BCUT2D eigenvalue weighted by molar-refractivity contribution is -0.388. The molecule has 0 aliphatic rings. The first-order chi connectivity index (χ1) is 14.0. The number of hydrogen-bond donors (Lipinski definition) is 1. The standard InChI is InChI=1S/C18H20N6O4S2/c1-18(2,3)20-30(27,28)14-9-10-16(15(11-14)24(25)26)29-17-19-21-22-23(17)12-13-7-5-4-6-8-13/h4-11,20H,12H2,1-3H3. The van der Waals surface area contributed by atoms with E-state index in [-0.39, 0.29) is 15.5 Å². The van der Waals surface area contributed by atoms with E-state index in [0.717, 1.165) is 23.4 Å². The lowest BCUT2D eigenvalue weighted by Gasteiger charge is -2.20. The molecule has 0 aliphatic heterocycles. The van der Waals surface area contributed by atoms with Gasteiger partial charge in [0.05, 0.1) is 21.3 Å². The Kier molecular flexibility index (Phi) is 6.19. The molecule has 0 spiro atoms. The number of nitro benzene ring substituents is 1. The number of tetrazole rings is 1. The number of aromatic nitrogens is 4. The van der Waals surface area contributed by atoms with Crippen molar-refractivity contribution in [1.82, 2.24) is 24.9 Å². The Balaban J connectivity index is 1.91. The minimum Gasteiger partial charge on any atom is -0.258 e. The fraction of sp³-hybridized carbons (Fsp3) is 0.278. The van der Waals surface area contributed by atoms with Crippen molar-refractivity contribution in [3.05, 3.63) is 64.2 Å². The maximum absolute atomic E-state index is 12.5. The van der Waals surface area contributed by atoms with E-state index >= 15 is 0 Å². The highest BCUT2D eigenvalue weighted by Crippen LogP contribution is 2.35. The first kappa shape index (κ1) is 21.9. The van der Waals surface area contributed by atoms with Crippen LogP contribution >= 0.6 is 11.8 Å². The number of benzene rings is 2. The molecular formula is C18H20N6O4S2. The third-order valence-corrected chi connectivity index (χ3v) is 6.55. The van der Waals surface area contributed by atoms with Crippen LogP contribution in [0, 0.1) is 10.1 Å². The Hall–Kier alpha value is -2.83. The molecule has 0 unspecified atom stereocenters. The number of nitrogens with one attached hydrogen (secondary N) is 1. The summed E-state index contributed by atoms with van der Waals surface area (Å²) in [6.45, 7) is 5.47. The summed E-state index contributed by atoms with van der Waals surface area (Å²) in [5.74, 6) is 0. The second-order valence-corrected chi connectivity index (χ2v) is 10.1. The number of hydrogen-bond acceptors (Lipinski definition) is 8. The highest BCUT2D eigenvalue weighted by molar-refractivity contribution is 7.99. The van der Waals surface area contributed by atoms with Gasteiger partial charge < -0.3 is 0 Å². The fourth-order valence-electron chi connectivity index (χ4n) is 2.58.